The SMILES string of the molecule is CCC1CC(CC(O)CC2CC(CC3CC(C)O[C@@H](c4c(OC)ccc5ccccc45)O3)O[C@@H](C)O2)C[C@@H](c2ccccc2)C1. The van der Waals surface area contributed by atoms with Crippen molar-refractivity contribution in [3.8, 4) is 5.75 Å². The third-order valence-electron chi connectivity index (χ3n) is 10.4. The van der Waals surface area contributed by atoms with Crippen LogP contribution in [0.1, 0.15) is 102 Å². The van der Waals surface area contributed by atoms with Crippen molar-refractivity contribution in [2.24, 2.45) is 11.8 Å². The highest BCUT2D eigenvalue weighted by Crippen LogP contribution is 2.44. The van der Waals surface area contributed by atoms with E-state index >= 15 is 0 Å². The second-order valence-electron chi connectivity index (χ2n) is 13.8. The molecule has 2 saturated heterocycles. The highest BCUT2D eigenvalue weighted by atomic mass is 16.7. The first kappa shape index (κ1) is 32.5. The van der Waals surface area contributed by atoms with Crippen LogP contribution in [0, 0.1) is 11.8 Å². The smallest absolute Gasteiger partial charge is 0.188 e. The maximum atomic E-state index is 11.3. The fourth-order valence-electron chi connectivity index (χ4n) is 8.33. The molecular formula is C39H52O6. The molecule has 0 amide bonds. The van der Waals surface area contributed by atoms with Crippen LogP contribution in [0.3, 0.4) is 0 Å². The van der Waals surface area contributed by atoms with E-state index in [1.807, 2.05) is 25.1 Å². The number of hydrogen-bond acceptors (Lipinski definition) is 6. The largest absolute Gasteiger partial charge is 0.496 e. The summed E-state index contributed by atoms with van der Waals surface area (Å²) >= 11 is 0. The molecule has 0 aromatic heterocycles. The minimum absolute atomic E-state index is 0.00192. The van der Waals surface area contributed by atoms with Crippen LogP contribution in [0.4, 0.5) is 0 Å². The van der Waals surface area contributed by atoms with Gasteiger partial charge in [0.05, 0.1) is 43.2 Å². The normalized spacial score (nSPS) is 33.1. The number of hydrogen-bond donors (Lipinski definition) is 1. The van der Waals surface area contributed by atoms with Gasteiger partial charge in [-0.3, -0.25) is 0 Å². The number of aliphatic hydroxyl groups is 1. The monoisotopic (exact) mass is 616 g/mol. The van der Waals surface area contributed by atoms with Crippen molar-refractivity contribution in [1.29, 1.82) is 0 Å². The summed E-state index contributed by atoms with van der Waals surface area (Å²) in [7, 11) is 1.70. The molecule has 7 unspecified atom stereocenters. The Morgan fingerprint density at radius 3 is 2.29 bits per heavy atom. The van der Waals surface area contributed by atoms with Crippen molar-refractivity contribution < 1.29 is 28.8 Å². The van der Waals surface area contributed by atoms with Crippen LogP contribution in [-0.4, -0.2) is 49.0 Å². The van der Waals surface area contributed by atoms with Crippen LogP contribution in [0.15, 0.2) is 66.7 Å². The molecule has 0 radical (unpaired) electrons. The molecule has 6 heteroatoms. The van der Waals surface area contributed by atoms with Gasteiger partial charge >= 0.3 is 0 Å². The number of benzene rings is 3. The topological polar surface area (TPSA) is 66.4 Å². The summed E-state index contributed by atoms with van der Waals surface area (Å²) in [5, 5.41) is 13.5. The van der Waals surface area contributed by atoms with E-state index in [9.17, 15) is 5.11 Å². The van der Waals surface area contributed by atoms with E-state index in [-0.39, 0.29) is 36.8 Å². The Kier molecular flexibility index (Phi) is 10.8. The minimum Gasteiger partial charge on any atom is -0.496 e. The number of rotatable bonds is 10. The van der Waals surface area contributed by atoms with Gasteiger partial charge < -0.3 is 28.8 Å². The van der Waals surface area contributed by atoms with Crippen LogP contribution < -0.4 is 4.74 Å². The zero-order valence-corrected chi connectivity index (χ0v) is 27.5. The lowest BCUT2D eigenvalue weighted by atomic mass is 9.70. The van der Waals surface area contributed by atoms with Gasteiger partial charge in [-0.15, -0.1) is 0 Å². The maximum Gasteiger partial charge on any atom is 0.188 e. The highest BCUT2D eigenvalue weighted by Gasteiger charge is 2.37. The number of methoxy groups -OCH3 is 1. The van der Waals surface area contributed by atoms with Crippen molar-refractivity contribution in [3.63, 3.8) is 0 Å². The summed E-state index contributed by atoms with van der Waals surface area (Å²) in [5.41, 5.74) is 2.39. The Bertz CT molecular complexity index is 1360. The Balaban J connectivity index is 1.07. The molecule has 6 nitrogen and oxygen atoms in total. The summed E-state index contributed by atoms with van der Waals surface area (Å²) < 4.78 is 31.3. The van der Waals surface area contributed by atoms with E-state index in [1.54, 1.807) is 7.11 Å². The average Bonchev–Trinajstić information content (AvgIpc) is 3.03. The summed E-state index contributed by atoms with van der Waals surface area (Å²) in [4.78, 5) is 0. The molecule has 2 heterocycles. The van der Waals surface area contributed by atoms with E-state index in [0.717, 1.165) is 60.1 Å². The first-order valence-corrected chi connectivity index (χ1v) is 17.3. The van der Waals surface area contributed by atoms with Gasteiger partial charge in [-0.25, -0.2) is 0 Å². The molecule has 1 N–H and O–H groups in total. The lowest BCUT2D eigenvalue weighted by molar-refractivity contribution is -0.270. The van der Waals surface area contributed by atoms with Gasteiger partial charge in [0.1, 0.15) is 5.75 Å². The Morgan fingerprint density at radius 2 is 1.49 bits per heavy atom. The lowest BCUT2D eigenvalue weighted by Crippen LogP contribution is -2.42. The molecule has 3 aromatic rings. The number of ether oxygens (including phenoxy) is 5. The second-order valence-corrected chi connectivity index (χ2v) is 13.8. The van der Waals surface area contributed by atoms with Gasteiger partial charge in [0.25, 0.3) is 0 Å². The average molecular weight is 617 g/mol. The summed E-state index contributed by atoms with van der Waals surface area (Å²) in [6.45, 7) is 6.40. The van der Waals surface area contributed by atoms with Crippen molar-refractivity contribution in [2.75, 3.05) is 7.11 Å². The highest BCUT2D eigenvalue weighted by molar-refractivity contribution is 5.88. The van der Waals surface area contributed by atoms with Crippen LogP contribution in [0.5, 0.6) is 5.75 Å². The third-order valence-corrected chi connectivity index (χ3v) is 10.4. The van der Waals surface area contributed by atoms with Crippen LogP contribution in [0.2, 0.25) is 0 Å². The molecule has 1 saturated carbocycles. The maximum absolute atomic E-state index is 11.3. The third kappa shape index (κ3) is 8.09. The van der Waals surface area contributed by atoms with E-state index < -0.39 is 6.29 Å². The van der Waals surface area contributed by atoms with Gasteiger partial charge in [0, 0.05) is 12.8 Å². The predicted octanol–water partition coefficient (Wildman–Crippen LogP) is 8.70. The standard InChI is InChI=1S/C39H52O6/c1-5-27-18-28(20-31(19-27)29-11-7-6-8-12-29)21-32(40)22-34-24-35(44-26(3)43-34)23-33-17-25(2)42-39(45-33)38-36-14-10-9-13-30(36)15-16-37(38)41-4/h6-16,25-28,31-35,39-40H,5,17-24H2,1-4H3/t25?,26-,27?,28?,31-,32?,33?,34?,35?,39+/m0/s1. The first-order chi connectivity index (χ1) is 21.9. The summed E-state index contributed by atoms with van der Waals surface area (Å²) in [6.07, 6.45) is 7.43. The number of aliphatic hydroxyl groups excluding tert-OH is 1. The number of fused-ring (bicyclic) bond motifs is 1. The molecule has 3 aromatic carbocycles. The molecular weight excluding hydrogens is 564 g/mol. The van der Waals surface area contributed by atoms with E-state index in [2.05, 4.69) is 62.4 Å². The molecule has 3 aliphatic rings. The molecule has 1 aliphatic carbocycles. The zero-order chi connectivity index (χ0) is 31.3. The lowest BCUT2D eigenvalue weighted by Gasteiger charge is -2.40. The minimum atomic E-state index is -0.517. The van der Waals surface area contributed by atoms with E-state index in [1.165, 1.54) is 24.8 Å². The molecule has 6 rings (SSSR count). The molecule has 3 fully saturated rings. The molecule has 0 bridgehead atoms. The van der Waals surface area contributed by atoms with Crippen molar-refractivity contribution in [2.45, 2.75) is 128 Å². The molecule has 10 atom stereocenters. The summed E-state index contributed by atoms with van der Waals surface area (Å²) in [5.74, 6) is 2.63. The van der Waals surface area contributed by atoms with Gasteiger partial charge in [0.2, 0.25) is 0 Å². The fourth-order valence-corrected chi connectivity index (χ4v) is 8.33. The Labute approximate surface area is 269 Å². The van der Waals surface area contributed by atoms with Gasteiger partial charge in [-0.2, -0.15) is 0 Å². The molecule has 2 aliphatic heterocycles. The predicted molar refractivity (Wildman–Crippen MR) is 177 cm³/mol. The van der Waals surface area contributed by atoms with E-state index in [0.29, 0.717) is 18.3 Å². The van der Waals surface area contributed by atoms with Gasteiger partial charge in [-0.1, -0.05) is 74.0 Å². The molecule has 45 heavy (non-hydrogen) atoms. The molecule has 244 valence electrons. The van der Waals surface area contributed by atoms with Gasteiger partial charge in [0.15, 0.2) is 12.6 Å². The van der Waals surface area contributed by atoms with Crippen LogP contribution in [-0.2, 0) is 18.9 Å². The fraction of sp³-hybridized carbons (Fsp3) is 0.590. The first-order valence-electron chi connectivity index (χ1n) is 17.3. The second kappa shape index (κ2) is 15.0. The zero-order valence-electron chi connectivity index (χ0n) is 27.5. The Morgan fingerprint density at radius 1 is 0.756 bits per heavy atom. The quantitative estimate of drug-likeness (QED) is 0.246. The van der Waals surface area contributed by atoms with Crippen molar-refractivity contribution >= 4 is 10.8 Å². The van der Waals surface area contributed by atoms with Crippen LogP contribution in [0.25, 0.3) is 10.8 Å². The summed E-state index contributed by atoms with van der Waals surface area (Å²) in [6, 6.07) is 23.3. The molecule has 0 spiro atoms. The van der Waals surface area contributed by atoms with E-state index in [4.69, 9.17) is 23.7 Å². The van der Waals surface area contributed by atoms with Crippen molar-refractivity contribution in [3.05, 3.63) is 77.9 Å². The van der Waals surface area contributed by atoms with Gasteiger partial charge in [-0.05, 0) is 92.5 Å². The van der Waals surface area contributed by atoms with Crippen molar-refractivity contribution in [1.82, 2.24) is 0 Å². The van der Waals surface area contributed by atoms with Crippen LogP contribution >= 0.6 is 0 Å². The Hall–Kier alpha value is -2.48.